The van der Waals surface area contributed by atoms with E-state index in [-0.39, 0.29) is 17.4 Å². The first kappa shape index (κ1) is 32.0. The molecular weight excluding hydrogens is 524 g/mol. The van der Waals surface area contributed by atoms with Crippen LogP contribution in [-0.4, -0.2) is 58.6 Å². The van der Waals surface area contributed by atoms with Crippen molar-refractivity contribution < 1.29 is 17.4 Å². The fourth-order valence-corrected chi connectivity index (χ4v) is 5.78. The molecule has 9 heteroatoms. The number of aryl methyl sites for hydroxylation is 1. The Morgan fingerprint density at radius 1 is 0.850 bits per heavy atom. The van der Waals surface area contributed by atoms with Crippen molar-refractivity contribution in [1.29, 1.82) is 0 Å². The minimum absolute atomic E-state index is 0.0424. The summed E-state index contributed by atoms with van der Waals surface area (Å²) in [5.41, 5.74) is 1.65. The minimum Gasteiger partial charge on any atom is -0.354 e. The van der Waals surface area contributed by atoms with Crippen molar-refractivity contribution in [3.63, 3.8) is 0 Å². The van der Waals surface area contributed by atoms with Gasteiger partial charge in [-0.05, 0) is 44.0 Å². The maximum absolute atomic E-state index is 12.4. The highest BCUT2D eigenvalue weighted by atomic mass is 32.2. The zero-order valence-electron chi connectivity index (χ0n) is 24.2. The van der Waals surface area contributed by atoms with Crippen molar-refractivity contribution in [3.8, 4) is 0 Å². The highest BCUT2D eigenvalue weighted by Gasteiger charge is 2.14. The second-order valence-electron chi connectivity index (χ2n) is 10.7. The van der Waals surface area contributed by atoms with Gasteiger partial charge in [-0.25, -0.2) is 4.98 Å². The maximum atomic E-state index is 12.4. The number of pyridine rings is 1. The van der Waals surface area contributed by atoms with E-state index in [0.717, 1.165) is 69.7 Å². The van der Waals surface area contributed by atoms with E-state index in [9.17, 15) is 13.2 Å². The Labute approximate surface area is 241 Å². The lowest BCUT2D eigenvalue weighted by molar-refractivity contribution is 0.0952. The Hall–Kier alpha value is -2.49. The molecule has 0 bridgehead atoms. The fraction of sp³-hybridized carbons (Fsp3) is 0.613. The average Bonchev–Trinajstić information content (AvgIpc) is 2.97. The Kier molecular flexibility index (Phi) is 14.4. The second kappa shape index (κ2) is 18.0. The summed E-state index contributed by atoms with van der Waals surface area (Å²) in [6.45, 7) is 6.72. The van der Waals surface area contributed by atoms with Gasteiger partial charge in [-0.1, -0.05) is 81.9 Å². The molecule has 8 nitrogen and oxygen atoms in total. The largest absolute Gasteiger partial charge is 0.354 e. The molecule has 2 N–H and O–H groups in total. The first-order chi connectivity index (χ1) is 19.5. The fourth-order valence-electron chi connectivity index (χ4n) is 4.84. The van der Waals surface area contributed by atoms with Crippen molar-refractivity contribution in [2.45, 2.75) is 88.9 Å². The van der Waals surface area contributed by atoms with E-state index < -0.39 is 10.1 Å². The predicted octanol–water partition coefficient (Wildman–Crippen LogP) is 5.62. The van der Waals surface area contributed by atoms with Crippen molar-refractivity contribution in [1.82, 2.24) is 15.6 Å². The molecule has 0 saturated carbocycles. The van der Waals surface area contributed by atoms with Gasteiger partial charge in [0.1, 0.15) is 5.82 Å². The number of carbonyl (C=O) groups excluding carboxylic acids is 1. The standard InChI is InChI=1S/C31H48N4O4S/c1-27-14-17-29(18-15-27)40(37,38)39-25-13-11-9-7-5-3-2-4-6-8-10-12-20-33-31(36)28-16-19-30(34-26-28)35-23-21-32-22-24-35/h14-19,26,32H,2-13,20-25H2,1H3,(H,33,36). The third-order valence-electron chi connectivity index (χ3n) is 7.36. The SMILES string of the molecule is Cc1ccc(S(=O)(=O)OCCCCCCCCCCCCCCNC(=O)c2ccc(N3CCNCC3)nc2)cc1. The van der Waals surface area contributed by atoms with E-state index in [2.05, 4.69) is 20.5 Å². The zero-order chi connectivity index (χ0) is 28.5. The summed E-state index contributed by atoms with van der Waals surface area (Å²) in [5.74, 6) is 0.895. The van der Waals surface area contributed by atoms with E-state index in [1.807, 2.05) is 19.1 Å². The van der Waals surface area contributed by atoms with Gasteiger partial charge in [0.05, 0.1) is 17.1 Å². The molecule has 1 aromatic heterocycles. The Morgan fingerprint density at radius 3 is 2.00 bits per heavy atom. The van der Waals surface area contributed by atoms with Gasteiger partial charge in [-0.15, -0.1) is 0 Å². The van der Waals surface area contributed by atoms with Gasteiger partial charge in [-0.2, -0.15) is 8.42 Å². The number of hydrogen-bond donors (Lipinski definition) is 2. The number of nitrogens with zero attached hydrogens (tertiary/aromatic N) is 2. The Bertz CT molecular complexity index is 1090. The summed E-state index contributed by atoms with van der Waals surface area (Å²) in [5, 5.41) is 6.35. The van der Waals surface area contributed by atoms with Gasteiger partial charge in [0.15, 0.2) is 0 Å². The lowest BCUT2D eigenvalue weighted by Gasteiger charge is -2.28. The number of aromatic nitrogens is 1. The Balaban J connectivity index is 1.08. The number of nitrogens with one attached hydrogen (secondary N) is 2. The number of carbonyl (C=O) groups is 1. The van der Waals surface area contributed by atoms with Crippen LogP contribution in [0.4, 0.5) is 5.82 Å². The number of piperazine rings is 1. The molecule has 40 heavy (non-hydrogen) atoms. The monoisotopic (exact) mass is 572 g/mol. The van der Waals surface area contributed by atoms with Crippen LogP contribution < -0.4 is 15.5 Å². The summed E-state index contributed by atoms with van der Waals surface area (Å²) in [7, 11) is -3.64. The second-order valence-corrected chi connectivity index (χ2v) is 12.3. The summed E-state index contributed by atoms with van der Waals surface area (Å²) in [6.07, 6.45) is 15.4. The van der Waals surface area contributed by atoms with Crippen LogP contribution in [0.15, 0.2) is 47.5 Å². The molecular formula is C31H48N4O4S. The zero-order valence-corrected chi connectivity index (χ0v) is 25.0. The van der Waals surface area contributed by atoms with Crippen molar-refractivity contribution >= 4 is 21.8 Å². The molecule has 0 spiro atoms. The van der Waals surface area contributed by atoms with Gasteiger partial charge < -0.3 is 15.5 Å². The van der Waals surface area contributed by atoms with E-state index >= 15 is 0 Å². The number of rotatable bonds is 19. The first-order valence-corrected chi connectivity index (χ1v) is 16.5. The molecule has 1 fully saturated rings. The van der Waals surface area contributed by atoms with Crippen LogP contribution in [0.25, 0.3) is 0 Å². The molecule has 0 unspecified atom stereocenters. The number of anilines is 1. The predicted molar refractivity (Wildman–Crippen MR) is 161 cm³/mol. The quantitative estimate of drug-likeness (QED) is 0.167. The van der Waals surface area contributed by atoms with Crippen LogP contribution in [0.5, 0.6) is 0 Å². The number of hydrogen-bond acceptors (Lipinski definition) is 7. The molecule has 1 amide bonds. The molecule has 222 valence electrons. The molecule has 0 aliphatic carbocycles. The van der Waals surface area contributed by atoms with Gasteiger partial charge in [0.25, 0.3) is 16.0 Å². The summed E-state index contributed by atoms with van der Waals surface area (Å²) in [6, 6.07) is 10.6. The van der Waals surface area contributed by atoms with E-state index in [0.29, 0.717) is 12.1 Å². The lowest BCUT2D eigenvalue weighted by atomic mass is 10.1. The molecule has 1 saturated heterocycles. The highest BCUT2D eigenvalue weighted by molar-refractivity contribution is 7.86. The van der Waals surface area contributed by atoms with Gasteiger partial charge >= 0.3 is 0 Å². The van der Waals surface area contributed by atoms with Crippen molar-refractivity contribution in [3.05, 3.63) is 53.7 Å². The highest BCUT2D eigenvalue weighted by Crippen LogP contribution is 2.16. The van der Waals surface area contributed by atoms with Gasteiger partial charge in [0.2, 0.25) is 0 Å². The van der Waals surface area contributed by atoms with Gasteiger partial charge in [-0.3, -0.25) is 8.98 Å². The Morgan fingerprint density at radius 2 is 1.43 bits per heavy atom. The van der Waals surface area contributed by atoms with Crippen LogP contribution >= 0.6 is 0 Å². The normalized spacial score (nSPS) is 13.9. The third kappa shape index (κ3) is 11.9. The van der Waals surface area contributed by atoms with Crippen molar-refractivity contribution in [2.24, 2.45) is 0 Å². The van der Waals surface area contributed by atoms with Crippen LogP contribution in [0.1, 0.15) is 93.0 Å². The molecule has 2 aromatic rings. The first-order valence-electron chi connectivity index (χ1n) is 15.1. The molecule has 3 rings (SSSR count). The molecule has 1 aliphatic heterocycles. The van der Waals surface area contributed by atoms with Crippen LogP contribution in [0.2, 0.25) is 0 Å². The number of amides is 1. The maximum Gasteiger partial charge on any atom is 0.296 e. The molecule has 2 heterocycles. The summed E-state index contributed by atoms with van der Waals surface area (Å²) in [4.78, 5) is 19.3. The number of unbranched alkanes of at least 4 members (excludes halogenated alkanes) is 11. The van der Waals surface area contributed by atoms with E-state index in [1.54, 1.807) is 30.5 Å². The van der Waals surface area contributed by atoms with Crippen LogP contribution in [0, 0.1) is 6.92 Å². The topological polar surface area (TPSA) is 101 Å². The van der Waals surface area contributed by atoms with E-state index in [4.69, 9.17) is 4.18 Å². The summed E-state index contributed by atoms with van der Waals surface area (Å²) < 4.78 is 29.5. The van der Waals surface area contributed by atoms with Crippen LogP contribution in [0.3, 0.4) is 0 Å². The third-order valence-corrected chi connectivity index (χ3v) is 8.68. The summed E-state index contributed by atoms with van der Waals surface area (Å²) >= 11 is 0. The smallest absolute Gasteiger partial charge is 0.296 e. The van der Waals surface area contributed by atoms with E-state index in [1.165, 1.54) is 44.9 Å². The molecule has 1 aliphatic rings. The molecule has 1 aromatic carbocycles. The molecule has 0 atom stereocenters. The minimum atomic E-state index is -3.64. The average molecular weight is 573 g/mol. The van der Waals surface area contributed by atoms with Crippen molar-refractivity contribution in [2.75, 3.05) is 44.2 Å². The van der Waals surface area contributed by atoms with Crippen LogP contribution in [-0.2, 0) is 14.3 Å². The lowest BCUT2D eigenvalue weighted by Crippen LogP contribution is -2.43. The van der Waals surface area contributed by atoms with Gasteiger partial charge in [0, 0.05) is 38.9 Å². The molecule has 0 radical (unpaired) electrons. The number of benzene rings is 1.